The Morgan fingerprint density at radius 3 is 2.87 bits per heavy atom. The van der Waals surface area contributed by atoms with Crippen LogP contribution in [0.4, 0.5) is 0 Å². The van der Waals surface area contributed by atoms with Gasteiger partial charge in [-0.15, -0.1) is 0 Å². The Kier molecular flexibility index (Phi) is 3.15. The first-order valence-electron chi connectivity index (χ1n) is 6.91. The summed E-state index contributed by atoms with van der Waals surface area (Å²) in [5.74, 6) is 0.521. The molecule has 3 heterocycles. The molecule has 0 fully saturated rings. The van der Waals surface area contributed by atoms with Crippen LogP contribution >= 0.6 is 0 Å². The summed E-state index contributed by atoms with van der Waals surface area (Å²) < 4.78 is 9.16. The number of hydrogen-bond donors (Lipinski definition) is 0. The van der Waals surface area contributed by atoms with Gasteiger partial charge in [0.2, 0.25) is 0 Å². The van der Waals surface area contributed by atoms with E-state index in [1.165, 1.54) is 0 Å². The van der Waals surface area contributed by atoms with Gasteiger partial charge in [-0.25, -0.2) is 9.25 Å². The first-order chi connectivity index (χ1) is 11.3. The lowest BCUT2D eigenvalue weighted by Crippen LogP contribution is -2.08. The monoisotopic (exact) mass is 308 g/mol. The van der Waals surface area contributed by atoms with Crippen LogP contribution in [0, 0.1) is 0 Å². The molecule has 0 bridgehead atoms. The van der Waals surface area contributed by atoms with Gasteiger partial charge in [0.05, 0.1) is 22.9 Å². The van der Waals surface area contributed by atoms with Gasteiger partial charge in [-0.3, -0.25) is 9.97 Å². The maximum absolute atomic E-state index is 5.83. The third-order valence-corrected chi connectivity index (χ3v) is 3.29. The first kappa shape index (κ1) is 13.3. The van der Waals surface area contributed by atoms with Crippen LogP contribution in [0.15, 0.2) is 42.9 Å². The van der Waals surface area contributed by atoms with Crippen molar-refractivity contribution in [2.24, 2.45) is 7.05 Å². The molecule has 0 spiro atoms. The molecule has 0 amide bonds. The minimum atomic E-state index is 0.252. The average molecular weight is 308 g/mol. The normalized spacial score (nSPS) is 11.0. The van der Waals surface area contributed by atoms with Gasteiger partial charge in [0.1, 0.15) is 6.61 Å². The van der Waals surface area contributed by atoms with Crippen LogP contribution in [0.2, 0.25) is 0 Å². The molecule has 0 radical (unpaired) electrons. The SMILES string of the molecule is Cn1nnnc1-n1c(OCc2cnccn2)nc2ccccc21. The van der Waals surface area contributed by atoms with Crippen molar-refractivity contribution in [1.82, 2.24) is 39.7 Å². The summed E-state index contributed by atoms with van der Waals surface area (Å²) in [7, 11) is 1.76. The molecule has 23 heavy (non-hydrogen) atoms. The summed E-state index contributed by atoms with van der Waals surface area (Å²) in [5, 5.41) is 11.6. The summed E-state index contributed by atoms with van der Waals surface area (Å²) in [6, 6.07) is 8.09. The molecule has 4 rings (SSSR count). The average Bonchev–Trinajstić information content (AvgIpc) is 3.16. The molecule has 0 aliphatic carbocycles. The van der Waals surface area contributed by atoms with Crippen molar-refractivity contribution in [3.05, 3.63) is 48.5 Å². The number of imidazole rings is 1. The van der Waals surface area contributed by atoms with Gasteiger partial charge in [-0.05, 0) is 22.6 Å². The molecule has 0 atom stereocenters. The summed E-state index contributed by atoms with van der Waals surface area (Å²) in [5.41, 5.74) is 2.37. The van der Waals surface area contributed by atoms with E-state index in [1.54, 1.807) is 34.9 Å². The predicted molar refractivity (Wildman–Crippen MR) is 79.8 cm³/mol. The minimum Gasteiger partial charge on any atom is -0.458 e. The third kappa shape index (κ3) is 2.37. The van der Waals surface area contributed by atoms with E-state index in [-0.39, 0.29) is 6.61 Å². The maximum Gasteiger partial charge on any atom is 0.305 e. The Morgan fingerprint density at radius 1 is 1.17 bits per heavy atom. The number of ether oxygens (including phenoxy) is 1. The number of rotatable bonds is 4. The van der Waals surface area contributed by atoms with Crippen molar-refractivity contribution in [3.8, 4) is 12.0 Å². The van der Waals surface area contributed by atoms with Crippen LogP contribution in [0.5, 0.6) is 6.01 Å². The molecule has 4 aromatic rings. The predicted octanol–water partition coefficient (Wildman–Crippen LogP) is 0.918. The quantitative estimate of drug-likeness (QED) is 0.553. The van der Waals surface area contributed by atoms with Crippen LogP contribution in [0.3, 0.4) is 0 Å². The number of aromatic nitrogens is 8. The molecule has 0 N–H and O–H groups in total. The highest BCUT2D eigenvalue weighted by atomic mass is 16.5. The zero-order valence-electron chi connectivity index (χ0n) is 12.2. The van der Waals surface area contributed by atoms with Crippen LogP contribution in [-0.4, -0.2) is 39.7 Å². The fourth-order valence-electron chi connectivity index (χ4n) is 2.25. The van der Waals surface area contributed by atoms with Gasteiger partial charge in [-0.1, -0.05) is 17.2 Å². The van der Waals surface area contributed by atoms with Gasteiger partial charge < -0.3 is 4.74 Å². The summed E-state index contributed by atoms with van der Waals surface area (Å²) in [4.78, 5) is 12.7. The molecule has 0 saturated carbocycles. The fraction of sp³-hybridized carbons (Fsp3) is 0.143. The van der Waals surface area contributed by atoms with Crippen LogP contribution in [0.1, 0.15) is 5.69 Å². The van der Waals surface area contributed by atoms with Gasteiger partial charge in [0.15, 0.2) is 0 Å². The zero-order chi connectivity index (χ0) is 15.6. The standard InChI is InChI=1S/C14H12N8O/c1-21-13(18-19-20-21)22-12-5-3-2-4-11(12)17-14(22)23-9-10-8-15-6-7-16-10/h2-8H,9H2,1H3. The molecule has 0 aliphatic rings. The number of para-hydroxylation sites is 2. The van der Waals surface area contributed by atoms with Crippen molar-refractivity contribution in [3.63, 3.8) is 0 Å². The van der Waals surface area contributed by atoms with E-state index in [2.05, 4.69) is 30.5 Å². The largest absolute Gasteiger partial charge is 0.458 e. The molecule has 3 aromatic heterocycles. The van der Waals surface area contributed by atoms with E-state index in [0.717, 1.165) is 11.0 Å². The molecule has 1 aromatic carbocycles. The molecule has 9 heteroatoms. The molecular formula is C14H12N8O. The molecule has 114 valence electrons. The fourth-order valence-corrected chi connectivity index (χ4v) is 2.25. The Morgan fingerprint density at radius 2 is 2.09 bits per heavy atom. The maximum atomic E-state index is 5.83. The Bertz CT molecular complexity index is 946. The van der Waals surface area contributed by atoms with Gasteiger partial charge >= 0.3 is 6.01 Å². The Balaban J connectivity index is 1.78. The van der Waals surface area contributed by atoms with E-state index >= 15 is 0 Å². The lowest BCUT2D eigenvalue weighted by Gasteiger charge is -2.07. The highest BCUT2D eigenvalue weighted by Gasteiger charge is 2.17. The van der Waals surface area contributed by atoms with Crippen LogP contribution in [0.25, 0.3) is 17.0 Å². The number of fused-ring (bicyclic) bond motifs is 1. The first-order valence-corrected chi connectivity index (χ1v) is 6.91. The molecular weight excluding hydrogens is 296 g/mol. The van der Waals surface area contributed by atoms with E-state index < -0.39 is 0 Å². The Hall–Kier alpha value is -3.36. The van der Waals surface area contributed by atoms with Crippen molar-refractivity contribution < 1.29 is 4.74 Å². The van der Waals surface area contributed by atoms with Gasteiger partial charge in [-0.2, -0.15) is 4.98 Å². The van der Waals surface area contributed by atoms with Crippen molar-refractivity contribution in [2.45, 2.75) is 6.61 Å². The van der Waals surface area contributed by atoms with Crippen LogP contribution < -0.4 is 4.74 Å². The number of tetrazole rings is 1. The molecule has 0 unspecified atom stereocenters. The zero-order valence-corrected chi connectivity index (χ0v) is 12.2. The highest BCUT2D eigenvalue weighted by Crippen LogP contribution is 2.24. The lowest BCUT2D eigenvalue weighted by molar-refractivity contribution is 0.271. The van der Waals surface area contributed by atoms with E-state index in [0.29, 0.717) is 17.7 Å². The Labute approximate surface area is 130 Å². The van der Waals surface area contributed by atoms with Crippen LogP contribution in [-0.2, 0) is 13.7 Å². The summed E-state index contributed by atoms with van der Waals surface area (Å²) >= 11 is 0. The number of aryl methyl sites for hydroxylation is 1. The third-order valence-electron chi connectivity index (χ3n) is 3.29. The summed E-state index contributed by atoms with van der Waals surface area (Å²) in [6.45, 7) is 0.252. The highest BCUT2D eigenvalue weighted by molar-refractivity contribution is 5.78. The minimum absolute atomic E-state index is 0.252. The second-order valence-electron chi connectivity index (χ2n) is 4.81. The lowest BCUT2D eigenvalue weighted by atomic mass is 10.3. The van der Waals surface area contributed by atoms with Crippen molar-refractivity contribution in [2.75, 3.05) is 0 Å². The van der Waals surface area contributed by atoms with Gasteiger partial charge in [0, 0.05) is 19.4 Å². The van der Waals surface area contributed by atoms with Gasteiger partial charge in [0.25, 0.3) is 5.95 Å². The number of hydrogen-bond acceptors (Lipinski definition) is 7. The second-order valence-corrected chi connectivity index (χ2v) is 4.81. The molecule has 9 nitrogen and oxygen atoms in total. The second kappa shape index (κ2) is 5.44. The molecule has 0 saturated heterocycles. The summed E-state index contributed by atoms with van der Waals surface area (Å²) in [6.07, 6.45) is 4.88. The van der Waals surface area contributed by atoms with Crippen molar-refractivity contribution in [1.29, 1.82) is 0 Å². The van der Waals surface area contributed by atoms with E-state index in [1.807, 2.05) is 24.3 Å². The number of benzene rings is 1. The smallest absolute Gasteiger partial charge is 0.305 e. The van der Waals surface area contributed by atoms with Crippen molar-refractivity contribution >= 4 is 11.0 Å². The topological polar surface area (TPSA) is 96.4 Å². The van der Waals surface area contributed by atoms with E-state index in [9.17, 15) is 0 Å². The number of nitrogens with zero attached hydrogens (tertiary/aromatic N) is 8. The van der Waals surface area contributed by atoms with E-state index in [4.69, 9.17) is 4.74 Å². The molecule has 0 aliphatic heterocycles.